The summed E-state index contributed by atoms with van der Waals surface area (Å²) in [5.74, 6) is -0.00993. The lowest BCUT2D eigenvalue weighted by Gasteiger charge is -2.40. The highest BCUT2D eigenvalue weighted by molar-refractivity contribution is 5.87. The van der Waals surface area contributed by atoms with Crippen LogP contribution in [0, 0.1) is 11.7 Å². The van der Waals surface area contributed by atoms with Crippen molar-refractivity contribution in [3.63, 3.8) is 0 Å². The van der Waals surface area contributed by atoms with Gasteiger partial charge in [0.2, 0.25) is 5.91 Å². The Balaban J connectivity index is 1.40. The molecule has 0 saturated carbocycles. The second-order valence-corrected chi connectivity index (χ2v) is 10.6. The highest BCUT2D eigenvalue weighted by Crippen LogP contribution is 2.30. The molecule has 0 radical (unpaired) electrons. The average Bonchev–Trinajstić information content (AvgIpc) is 2.98. The van der Waals surface area contributed by atoms with Crippen LogP contribution in [0.15, 0.2) is 78.9 Å². The van der Waals surface area contributed by atoms with E-state index in [-0.39, 0.29) is 35.9 Å². The number of benzene rings is 3. The van der Waals surface area contributed by atoms with Gasteiger partial charge in [0.05, 0.1) is 18.2 Å². The number of rotatable bonds is 12. The molecule has 1 amide bonds. The molecular formula is C34H42FN3O2. The number of anilines is 1. The first-order valence-electron chi connectivity index (χ1n) is 14.6. The lowest BCUT2D eigenvalue weighted by Crippen LogP contribution is -2.50. The maximum Gasteiger partial charge on any atom is 0.227 e. The fraction of sp³-hybridized carbons (Fsp3) is 0.412. The summed E-state index contributed by atoms with van der Waals surface area (Å²) in [6.45, 7) is 9.89. The quantitative estimate of drug-likeness (QED) is 0.270. The molecule has 5 nitrogen and oxygen atoms in total. The van der Waals surface area contributed by atoms with Crippen LogP contribution in [0.3, 0.4) is 0 Å². The van der Waals surface area contributed by atoms with E-state index in [1.165, 1.54) is 6.07 Å². The Kier molecular flexibility index (Phi) is 10.5. The van der Waals surface area contributed by atoms with Crippen LogP contribution < -0.4 is 4.90 Å². The molecule has 0 bridgehead atoms. The van der Waals surface area contributed by atoms with E-state index >= 15 is 4.39 Å². The third-order valence-electron chi connectivity index (χ3n) is 8.11. The van der Waals surface area contributed by atoms with Crippen LogP contribution in [-0.4, -0.2) is 54.2 Å². The Morgan fingerprint density at radius 2 is 1.45 bits per heavy atom. The number of hydrogen-bond acceptors (Lipinski definition) is 4. The van der Waals surface area contributed by atoms with Crippen molar-refractivity contribution < 1.29 is 14.0 Å². The highest BCUT2D eigenvalue weighted by Gasteiger charge is 2.33. The number of carbonyl (C=O) groups is 2. The van der Waals surface area contributed by atoms with Crippen molar-refractivity contribution in [3.8, 4) is 0 Å². The predicted octanol–water partition coefficient (Wildman–Crippen LogP) is 6.29. The molecule has 1 heterocycles. The van der Waals surface area contributed by atoms with Crippen LogP contribution in [0.1, 0.15) is 56.3 Å². The number of amides is 1. The molecule has 0 aliphatic carbocycles. The molecule has 0 spiro atoms. The predicted molar refractivity (Wildman–Crippen MR) is 160 cm³/mol. The molecule has 4 rings (SSSR count). The van der Waals surface area contributed by atoms with Gasteiger partial charge in [0.15, 0.2) is 5.78 Å². The first-order chi connectivity index (χ1) is 19.4. The third-order valence-corrected chi connectivity index (χ3v) is 8.11. The zero-order valence-electron chi connectivity index (χ0n) is 24.1. The van der Waals surface area contributed by atoms with Gasteiger partial charge in [0.25, 0.3) is 0 Å². The normalized spacial score (nSPS) is 14.8. The van der Waals surface area contributed by atoms with Crippen molar-refractivity contribution in [3.05, 3.63) is 101 Å². The third kappa shape index (κ3) is 7.16. The van der Waals surface area contributed by atoms with E-state index in [0.29, 0.717) is 50.5 Å². The van der Waals surface area contributed by atoms with Crippen LogP contribution >= 0.6 is 0 Å². The summed E-state index contributed by atoms with van der Waals surface area (Å²) in [5.41, 5.74) is 3.34. The summed E-state index contributed by atoms with van der Waals surface area (Å²) in [6, 6.07) is 24.8. The lowest BCUT2D eigenvalue weighted by atomic mass is 9.88. The monoisotopic (exact) mass is 543 g/mol. The Morgan fingerprint density at radius 1 is 0.825 bits per heavy atom. The van der Waals surface area contributed by atoms with Crippen molar-refractivity contribution >= 4 is 17.4 Å². The second-order valence-electron chi connectivity index (χ2n) is 10.6. The van der Waals surface area contributed by atoms with E-state index in [1.54, 1.807) is 11.0 Å². The van der Waals surface area contributed by atoms with Crippen LogP contribution in [0.5, 0.6) is 0 Å². The minimum absolute atomic E-state index is 0.0128. The fourth-order valence-electron chi connectivity index (χ4n) is 5.71. The summed E-state index contributed by atoms with van der Waals surface area (Å²) in [6.07, 6.45) is 1.84. The average molecular weight is 544 g/mol. The number of carbonyl (C=O) groups excluding carboxylic acids is 2. The Bertz CT molecular complexity index is 1240. The number of piperazine rings is 1. The summed E-state index contributed by atoms with van der Waals surface area (Å²) < 4.78 is 15.3. The SMILES string of the molecule is CCC(CC)C(=O)C(c1ccccc1)N1CCN(c2ccc(CC(=O)N(CC)Cc3ccccc3)cc2F)CC1. The molecule has 0 aromatic heterocycles. The van der Waals surface area contributed by atoms with Crippen LogP contribution in [0.2, 0.25) is 0 Å². The standard InChI is InChI=1S/C34H42FN3O2/c1-4-28(5-2)34(40)33(29-15-11-8-12-16-29)38-21-19-37(20-22-38)31-18-17-27(23-30(31)35)24-32(39)36(6-3)25-26-13-9-7-10-14-26/h7-18,23,28,33H,4-6,19-22,24-25H2,1-3H3. The van der Waals surface area contributed by atoms with Gasteiger partial charge in [-0.2, -0.15) is 0 Å². The summed E-state index contributed by atoms with van der Waals surface area (Å²) in [5, 5.41) is 0. The van der Waals surface area contributed by atoms with Gasteiger partial charge < -0.3 is 9.80 Å². The van der Waals surface area contributed by atoms with Crippen LogP contribution in [-0.2, 0) is 22.6 Å². The first-order valence-corrected chi connectivity index (χ1v) is 14.6. The van der Waals surface area contributed by atoms with Gasteiger partial charge in [-0.3, -0.25) is 14.5 Å². The van der Waals surface area contributed by atoms with Gasteiger partial charge in [-0.15, -0.1) is 0 Å². The number of halogens is 1. The minimum atomic E-state index is -0.308. The number of hydrogen-bond donors (Lipinski definition) is 0. The molecule has 1 aliphatic rings. The number of likely N-dealkylation sites (N-methyl/N-ethyl adjacent to an activating group) is 1. The lowest BCUT2D eigenvalue weighted by molar-refractivity contribution is -0.131. The Hall–Kier alpha value is -3.51. The molecule has 3 aromatic rings. The minimum Gasteiger partial charge on any atom is -0.367 e. The van der Waals surface area contributed by atoms with Gasteiger partial charge in [0.1, 0.15) is 5.82 Å². The maximum absolute atomic E-state index is 15.3. The Morgan fingerprint density at radius 3 is 2.02 bits per heavy atom. The van der Waals surface area contributed by atoms with Crippen LogP contribution in [0.4, 0.5) is 10.1 Å². The molecule has 1 unspecified atom stereocenters. The largest absolute Gasteiger partial charge is 0.367 e. The maximum atomic E-state index is 15.3. The van der Waals surface area contributed by atoms with Gasteiger partial charge in [0, 0.05) is 45.2 Å². The molecule has 1 fully saturated rings. The van der Waals surface area contributed by atoms with Crippen molar-refractivity contribution in [2.24, 2.45) is 5.92 Å². The van der Waals surface area contributed by atoms with E-state index in [9.17, 15) is 9.59 Å². The zero-order chi connectivity index (χ0) is 28.5. The molecule has 212 valence electrons. The first kappa shape index (κ1) is 29.5. The number of ketones is 1. The topological polar surface area (TPSA) is 43.9 Å². The molecule has 1 saturated heterocycles. The number of nitrogens with zero attached hydrogens (tertiary/aromatic N) is 3. The molecule has 1 aliphatic heterocycles. The van der Waals surface area contributed by atoms with Crippen molar-refractivity contribution in [2.75, 3.05) is 37.6 Å². The van der Waals surface area contributed by atoms with Crippen molar-refractivity contribution in [2.45, 2.75) is 52.6 Å². The van der Waals surface area contributed by atoms with E-state index in [0.717, 1.165) is 24.0 Å². The molecular weight excluding hydrogens is 501 g/mol. The molecule has 0 N–H and O–H groups in total. The summed E-state index contributed by atoms with van der Waals surface area (Å²) in [7, 11) is 0. The van der Waals surface area contributed by atoms with Crippen molar-refractivity contribution in [1.29, 1.82) is 0 Å². The second kappa shape index (κ2) is 14.2. The summed E-state index contributed by atoms with van der Waals surface area (Å²) >= 11 is 0. The highest BCUT2D eigenvalue weighted by atomic mass is 19.1. The van der Waals surface area contributed by atoms with Gasteiger partial charge >= 0.3 is 0 Å². The van der Waals surface area contributed by atoms with E-state index in [4.69, 9.17) is 0 Å². The van der Waals surface area contributed by atoms with Gasteiger partial charge in [-0.25, -0.2) is 4.39 Å². The Labute approximate surface area is 238 Å². The smallest absolute Gasteiger partial charge is 0.227 e. The van der Waals surface area contributed by atoms with Gasteiger partial charge in [-0.05, 0) is 48.6 Å². The van der Waals surface area contributed by atoms with Crippen molar-refractivity contribution in [1.82, 2.24) is 9.80 Å². The van der Waals surface area contributed by atoms with E-state index in [1.807, 2.05) is 73.7 Å². The van der Waals surface area contributed by atoms with Crippen LogP contribution in [0.25, 0.3) is 0 Å². The molecule has 1 atom stereocenters. The summed E-state index contributed by atoms with van der Waals surface area (Å²) in [4.78, 5) is 32.6. The number of Topliss-reactive ketones (excluding diaryl/α,β-unsaturated/α-hetero) is 1. The molecule has 40 heavy (non-hydrogen) atoms. The van der Waals surface area contributed by atoms with E-state index in [2.05, 4.69) is 23.6 Å². The fourth-order valence-corrected chi connectivity index (χ4v) is 5.71. The van der Waals surface area contributed by atoms with E-state index < -0.39 is 0 Å². The molecule has 3 aromatic carbocycles. The zero-order valence-corrected chi connectivity index (χ0v) is 24.1. The molecule has 6 heteroatoms. The van der Waals surface area contributed by atoms with Gasteiger partial charge in [-0.1, -0.05) is 80.6 Å².